The predicted molar refractivity (Wildman–Crippen MR) is 70.9 cm³/mol. The molecule has 1 aromatic rings. The van der Waals surface area contributed by atoms with Gasteiger partial charge in [-0.2, -0.15) is 0 Å². The van der Waals surface area contributed by atoms with Gasteiger partial charge < -0.3 is 9.84 Å². The SMILES string of the molecule is CC(C)(C)OC(=O)SCc1cccc(C(=O)O)c1. The zero-order valence-corrected chi connectivity index (χ0v) is 11.4. The quantitative estimate of drug-likeness (QED) is 0.849. The maximum Gasteiger partial charge on any atom is 0.368 e. The normalized spacial score (nSPS) is 11.1. The fraction of sp³-hybridized carbons (Fsp3) is 0.385. The molecule has 4 nitrogen and oxygen atoms in total. The van der Waals surface area contributed by atoms with Crippen LogP contribution in [0.25, 0.3) is 0 Å². The average Bonchev–Trinajstić information content (AvgIpc) is 2.24. The Labute approximate surface area is 110 Å². The number of hydrogen-bond donors (Lipinski definition) is 1. The Morgan fingerprint density at radius 2 is 2.00 bits per heavy atom. The lowest BCUT2D eigenvalue weighted by atomic mass is 10.1. The summed E-state index contributed by atoms with van der Waals surface area (Å²) in [4.78, 5) is 22.3. The van der Waals surface area contributed by atoms with Crippen LogP contribution in [0.3, 0.4) is 0 Å². The Hall–Kier alpha value is -1.49. The number of carboxylic acids is 1. The zero-order chi connectivity index (χ0) is 13.8. The largest absolute Gasteiger partial charge is 0.478 e. The second-order valence-electron chi connectivity index (χ2n) is 4.76. The lowest BCUT2D eigenvalue weighted by Gasteiger charge is -2.18. The van der Waals surface area contributed by atoms with Crippen LogP contribution in [0.1, 0.15) is 36.7 Å². The van der Waals surface area contributed by atoms with Crippen LogP contribution in [-0.4, -0.2) is 22.0 Å². The second kappa shape index (κ2) is 5.91. The smallest absolute Gasteiger partial charge is 0.368 e. The number of rotatable bonds is 3. The molecule has 0 spiro atoms. The minimum absolute atomic E-state index is 0.220. The summed E-state index contributed by atoms with van der Waals surface area (Å²) in [5.41, 5.74) is 0.496. The van der Waals surface area contributed by atoms with Crippen molar-refractivity contribution < 1.29 is 19.4 Å². The van der Waals surface area contributed by atoms with E-state index in [9.17, 15) is 9.59 Å². The van der Waals surface area contributed by atoms with E-state index in [-0.39, 0.29) is 10.9 Å². The first-order chi connectivity index (χ1) is 8.28. The second-order valence-corrected chi connectivity index (χ2v) is 5.67. The van der Waals surface area contributed by atoms with Crippen LogP contribution in [0.4, 0.5) is 4.79 Å². The molecule has 5 heteroatoms. The van der Waals surface area contributed by atoms with Gasteiger partial charge >= 0.3 is 11.3 Å². The van der Waals surface area contributed by atoms with E-state index in [2.05, 4.69) is 0 Å². The molecule has 0 atom stereocenters. The highest BCUT2D eigenvalue weighted by Gasteiger charge is 2.16. The van der Waals surface area contributed by atoms with E-state index in [4.69, 9.17) is 9.84 Å². The van der Waals surface area contributed by atoms with Crippen molar-refractivity contribution in [3.63, 3.8) is 0 Å². The Morgan fingerprint density at radius 1 is 1.33 bits per heavy atom. The molecule has 1 rings (SSSR count). The van der Waals surface area contributed by atoms with Crippen LogP contribution in [0, 0.1) is 0 Å². The van der Waals surface area contributed by atoms with Gasteiger partial charge in [0.05, 0.1) is 5.56 Å². The number of carbonyl (C=O) groups is 2. The number of thioether (sulfide) groups is 1. The average molecular weight is 268 g/mol. The summed E-state index contributed by atoms with van der Waals surface area (Å²) in [5, 5.41) is 8.48. The maximum absolute atomic E-state index is 11.5. The van der Waals surface area contributed by atoms with E-state index in [1.54, 1.807) is 39.0 Å². The Bertz CT molecular complexity index is 449. The van der Waals surface area contributed by atoms with Gasteiger partial charge in [0.2, 0.25) is 0 Å². The molecular weight excluding hydrogens is 252 g/mol. The molecule has 18 heavy (non-hydrogen) atoms. The molecule has 0 amide bonds. The molecule has 0 aromatic heterocycles. The highest BCUT2D eigenvalue weighted by atomic mass is 32.2. The number of aromatic carboxylic acids is 1. The predicted octanol–water partition coefficient (Wildman–Crippen LogP) is 3.55. The minimum Gasteiger partial charge on any atom is -0.478 e. The van der Waals surface area contributed by atoms with Crippen molar-refractivity contribution in [2.24, 2.45) is 0 Å². The van der Waals surface area contributed by atoms with Gasteiger partial charge in [0, 0.05) is 5.75 Å². The van der Waals surface area contributed by atoms with Crippen molar-refractivity contribution in [1.29, 1.82) is 0 Å². The third kappa shape index (κ3) is 5.23. The summed E-state index contributed by atoms with van der Waals surface area (Å²) in [6.07, 6.45) is 0. The van der Waals surface area contributed by atoms with E-state index < -0.39 is 11.6 Å². The standard InChI is InChI=1S/C13H16O4S/c1-13(2,3)17-12(16)18-8-9-5-4-6-10(7-9)11(14)15/h4-7H,8H2,1-3H3,(H,14,15). The lowest BCUT2D eigenvalue weighted by Crippen LogP contribution is -2.21. The van der Waals surface area contributed by atoms with Crippen molar-refractivity contribution in [2.75, 3.05) is 0 Å². The molecule has 0 radical (unpaired) electrons. The van der Waals surface area contributed by atoms with Gasteiger partial charge in [-0.1, -0.05) is 12.1 Å². The van der Waals surface area contributed by atoms with Crippen LogP contribution in [0.15, 0.2) is 24.3 Å². The van der Waals surface area contributed by atoms with Crippen LogP contribution in [-0.2, 0) is 10.5 Å². The van der Waals surface area contributed by atoms with Gasteiger partial charge in [-0.3, -0.25) is 0 Å². The number of carboxylic acid groups (broad SMARTS) is 1. The summed E-state index contributed by atoms with van der Waals surface area (Å²) in [6.45, 7) is 5.41. The van der Waals surface area contributed by atoms with Crippen LogP contribution >= 0.6 is 11.8 Å². The molecule has 0 aliphatic rings. The topological polar surface area (TPSA) is 63.6 Å². The van der Waals surface area contributed by atoms with Gasteiger partial charge in [-0.25, -0.2) is 9.59 Å². The van der Waals surface area contributed by atoms with Gasteiger partial charge in [0.15, 0.2) is 0 Å². The fourth-order valence-electron chi connectivity index (χ4n) is 1.22. The third-order valence-corrected chi connectivity index (χ3v) is 2.72. The summed E-state index contributed by atoms with van der Waals surface area (Å²) in [5.74, 6) is -0.574. The fourth-order valence-corrected chi connectivity index (χ4v) is 1.99. The molecule has 0 unspecified atom stereocenters. The van der Waals surface area contributed by atoms with Crippen molar-refractivity contribution in [2.45, 2.75) is 32.1 Å². The van der Waals surface area contributed by atoms with Crippen LogP contribution in [0.5, 0.6) is 0 Å². The molecule has 0 saturated heterocycles. The van der Waals surface area contributed by atoms with Crippen LogP contribution in [0.2, 0.25) is 0 Å². The molecule has 0 aliphatic heterocycles. The first-order valence-electron chi connectivity index (χ1n) is 5.46. The first kappa shape index (κ1) is 14.6. The van der Waals surface area contributed by atoms with Crippen molar-refractivity contribution in [3.8, 4) is 0 Å². The minimum atomic E-state index is -0.973. The van der Waals surface area contributed by atoms with Gasteiger partial charge in [0.1, 0.15) is 5.60 Å². The van der Waals surface area contributed by atoms with Crippen molar-refractivity contribution >= 4 is 23.0 Å². The molecule has 0 bridgehead atoms. The Morgan fingerprint density at radius 3 is 2.56 bits per heavy atom. The van der Waals surface area contributed by atoms with E-state index >= 15 is 0 Å². The summed E-state index contributed by atoms with van der Waals surface area (Å²) in [6, 6.07) is 6.52. The highest BCUT2D eigenvalue weighted by Crippen LogP contribution is 2.19. The highest BCUT2D eigenvalue weighted by molar-refractivity contribution is 8.12. The van der Waals surface area contributed by atoms with Crippen molar-refractivity contribution in [3.05, 3.63) is 35.4 Å². The number of ether oxygens (including phenoxy) is 1. The van der Waals surface area contributed by atoms with Crippen LogP contribution < -0.4 is 0 Å². The molecule has 1 aromatic carbocycles. The van der Waals surface area contributed by atoms with Gasteiger partial charge in [-0.05, 0) is 50.2 Å². The number of hydrogen-bond acceptors (Lipinski definition) is 4. The van der Waals surface area contributed by atoms with Gasteiger partial charge in [-0.15, -0.1) is 0 Å². The molecule has 0 saturated carbocycles. The van der Waals surface area contributed by atoms with Crippen molar-refractivity contribution in [1.82, 2.24) is 0 Å². The molecule has 0 fully saturated rings. The number of carbonyl (C=O) groups excluding carboxylic acids is 1. The molecule has 0 aliphatic carbocycles. The zero-order valence-electron chi connectivity index (χ0n) is 10.6. The molecule has 98 valence electrons. The van der Waals surface area contributed by atoms with E-state index in [1.807, 2.05) is 0 Å². The third-order valence-electron chi connectivity index (χ3n) is 1.92. The molecule has 1 N–H and O–H groups in total. The van der Waals surface area contributed by atoms with E-state index in [1.165, 1.54) is 6.07 Å². The molecule has 0 heterocycles. The van der Waals surface area contributed by atoms with E-state index in [0.717, 1.165) is 17.3 Å². The number of benzene rings is 1. The first-order valence-corrected chi connectivity index (χ1v) is 6.44. The van der Waals surface area contributed by atoms with Gasteiger partial charge in [0.25, 0.3) is 0 Å². The lowest BCUT2D eigenvalue weighted by molar-refractivity contribution is 0.0694. The summed E-state index contributed by atoms with van der Waals surface area (Å²) >= 11 is 1.02. The maximum atomic E-state index is 11.5. The monoisotopic (exact) mass is 268 g/mol. The molecular formula is C13H16O4S. The Kier molecular flexibility index (Phi) is 4.78. The summed E-state index contributed by atoms with van der Waals surface area (Å²) in [7, 11) is 0. The Balaban J connectivity index is 2.56. The summed E-state index contributed by atoms with van der Waals surface area (Å²) < 4.78 is 5.14. The van der Waals surface area contributed by atoms with E-state index in [0.29, 0.717) is 5.75 Å².